The van der Waals surface area contributed by atoms with Crippen LogP contribution in [0.1, 0.15) is 25.8 Å². The minimum absolute atomic E-state index is 0.353. The third-order valence-corrected chi connectivity index (χ3v) is 6.44. The number of amides is 3. The minimum Gasteiger partial charge on any atom is -0.334 e. The van der Waals surface area contributed by atoms with Crippen LogP contribution in [0.4, 0.5) is 4.79 Å². The van der Waals surface area contributed by atoms with Gasteiger partial charge >= 0.3 is 6.03 Å². The standard InChI is InChI=1S/C16H20N4O2S3/c1-3-9-23-15-19-20-16(25-15)24-11(2)13(21)18-14(22)17-10-12-7-5-4-6-8-12/h4-8,11H,3,9-10H2,1-2H3,(H2,17,18,21,22)/t11-/m1/s1. The number of imide groups is 1. The molecule has 0 aliphatic rings. The van der Waals surface area contributed by atoms with E-state index in [9.17, 15) is 9.59 Å². The maximum Gasteiger partial charge on any atom is 0.321 e. The third kappa shape index (κ3) is 7.05. The number of nitrogens with one attached hydrogen (secondary N) is 2. The fraction of sp³-hybridized carbons (Fsp3) is 0.375. The van der Waals surface area contributed by atoms with E-state index in [2.05, 4.69) is 27.8 Å². The van der Waals surface area contributed by atoms with Gasteiger partial charge in [-0.15, -0.1) is 10.2 Å². The lowest BCUT2D eigenvalue weighted by Gasteiger charge is -2.10. The molecule has 3 amide bonds. The first-order valence-corrected chi connectivity index (χ1v) is 10.5. The van der Waals surface area contributed by atoms with Crippen LogP contribution in [0.5, 0.6) is 0 Å². The summed E-state index contributed by atoms with van der Waals surface area (Å²) in [5.74, 6) is 0.644. The molecule has 2 aromatic rings. The highest BCUT2D eigenvalue weighted by Crippen LogP contribution is 2.31. The molecule has 0 spiro atoms. The lowest BCUT2D eigenvalue weighted by molar-refractivity contribution is -0.119. The molecule has 0 saturated carbocycles. The summed E-state index contributed by atoms with van der Waals surface area (Å²) < 4.78 is 1.63. The van der Waals surface area contributed by atoms with Crippen LogP contribution in [-0.2, 0) is 11.3 Å². The van der Waals surface area contributed by atoms with Crippen LogP contribution in [0, 0.1) is 0 Å². The number of benzene rings is 1. The van der Waals surface area contributed by atoms with Gasteiger partial charge in [0.25, 0.3) is 0 Å². The summed E-state index contributed by atoms with van der Waals surface area (Å²) in [6, 6.07) is 9.01. The summed E-state index contributed by atoms with van der Waals surface area (Å²) in [7, 11) is 0. The Morgan fingerprint density at radius 3 is 2.64 bits per heavy atom. The highest BCUT2D eigenvalue weighted by Gasteiger charge is 2.19. The largest absolute Gasteiger partial charge is 0.334 e. The van der Waals surface area contributed by atoms with Gasteiger partial charge in [-0.25, -0.2) is 4.79 Å². The fourth-order valence-electron chi connectivity index (χ4n) is 1.73. The Kier molecular flexibility index (Phi) is 8.23. The molecule has 134 valence electrons. The van der Waals surface area contributed by atoms with Crippen molar-refractivity contribution in [2.45, 2.75) is 40.7 Å². The Morgan fingerprint density at radius 1 is 1.20 bits per heavy atom. The van der Waals surface area contributed by atoms with E-state index in [1.54, 1.807) is 18.7 Å². The van der Waals surface area contributed by atoms with Crippen LogP contribution in [-0.4, -0.2) is 33.1 Å². The fourth-order valence-corrected chi connectivity index (χ4v) is 4.82. The Hall–Kier alpha value is -1.58. The summed E-state index contributed by atoms with van der Waals surface area (Å²) in [4.78, 5) is 23.9. The van der Waals surface area contributed by atoms with Gasteiger partial charge in [-0.1, -0.05) is 72.1 Å². The van der Waals surface area contributed by atoms with E-state index >= 15 is 0 Å². The van der Waals surface area contributed by atoms with Crippen molar-refractivity contribution in [3.8, 4) is 0 Å². The molecule has 0 aliphatic heterocycles. The molecule has 0 bridgehead atoms. The highest BCUT2D eigenvalue weighted by atomic mass is 32.2. The topological polar surface area (TPSA) is 84.0 Å². The molecule has 2 rings (SSSR count). The van der Waals surface area contributed by atoms with Crippen molar-refractivity contribution in [1.82, 2.24) is 20.8 Å². The summed E-state index contributed by atoms with van der Waals surface area (Å²) >= 11 is 4.43. The summed E-state index contributed by atoms with van der Waals surface area (Å²) in [6.07, 6.45) is 1.07. The number of rotatable bonds is 8. The molecule has 25 heavy (non-hydrogen) atoms. The second kappa shape index (κ2) is 10.4. The average molecular weight is 397 g/mol. The van der Waals surface area contributed by atoms with Gasteiger partial charge in [0.15, 0.2) is 8.68 Å². The van der Waals surface area contributed by atoms with Gasteiger partial charge in [0, 0.05) is 12.3 Å². The van der Waals surface area contributed by atoms with Crippen LogP contribution >= 0.6 is 34.9 Å². The Labute approximate surface area is 159 Å². The van der Waals surface area contributed by atoms with E-state index in [4.69, 9.17) is 0 Å². The number of urea groups is 1. The van der Waals surface area contributed by atoms with E-state index in [1.165, 1.54) is 23.1 Å². The number of hydrogen-bond donors (Lipinski definition) is 2. The van der Waals surface area contributed by atoms with Gasteiger partial charge in [0.05, 0.1) is 5.25 Å². The number of carbonyl (C=O) groups excluding carboxylic acids is 2. The molecule has 1 atom stereocenters. The molecule has 1 aromatic carbocycles. The number of hydrogen-bond acceptors (Lipinski definition) is 7. The predicted molar refractivity (Wildman–Crippen MR) is 103 cm³/mol. The second-order valence-corrected chi connectivity index (χ2v) is 9.01. The Balaban J connectivity index is 1.75. The highest BCUT2D eigenvalue weighted by molar-refractivity contribution is 8.03. The van der Waals surface area contributed by atoms with Crippen molar-refractivity contribution in [1.29, 1.82) is 0 Å². The van der Waals surface area contributed by atoms with Gasteiger partial charge in [0.1, 0.15) is 0 Å². The molecule has 9 heteroatoms. The molecular formula is C16H20N4O2S3. The quantitative estimate of drug-likeness (QED) is 0.664. The summed E-state index contributed by atoms with van der Waals surface area (Å²) in [6.45, 7) is 4.22. The zero-order valence-corrected chi connectivity index (χ0v) is 16.5. The van der Waals surface area contributed by atoms with Gasteiger partial charge in [-0.05, 0) is 18.9 Å². The summed E-state index contributed by atoms with van der Waals surface area (Å²) in [5, 5.41) is 12.8. The van der Waals surface area contributed by atoms with E-state index in [0.717, 1.165) is 26.4 Å². The van der Waals surface area contributed by atoms with Crippen molar-refractivity contribution in [3.05, 3.63) is 35.9 Å². The monoisotopic (exact) mass is 396 g/mol. The second-order valence-electron chi connectivity index (χ2n) is 5.10. The molecule has 0 saturated heterocycles. The molecule has 2 N–H and O–H groups in total. The molecule has 0 fully saturated rings. The molecular weight excluding hydrogens is 376 g/mol. The molecule has 0 radical (unpaired) electrons. The van der Waals surface area contributed by atoms with Gasteiger partial charge in [-0.2, -0.15) is 0 Å². The van der Waals surface area contributed by atoms with Crippen LogP contribution in [0.3, 0.4) is 0 Å². The van der Waals surface area contributed by atoms with Crippen LogP contribution in [0.2, 0.25) is 0 Å². The van der Waals surface area contributed by atoms with Gasteiger partial charge in [-0.3, -0.25) is 10.1 Å². The first kappa shape index (κ1) is 19.7. The zero-order valence-electron chi connectivity index (χ0n) is 14.0. The normalized spacial score (nSPS) is 11.8. The maximum atomic E-state index is 12.1. The lowest BCUT2D eigenvalue weighted by atomic mass is 10.2. The van der Waals surface area contributed by atoms with Crippen molar-refractivity contribution in [3.63, 3.8) is 0 Å². The van der Waals surface area contributed by atoms with E-state index in [-0.39, 0.29) is 5.91 Å². The molecule has 0 aliphatic carbocycles. The van der Waals surface area contributed by atoms with Crippen molar-refractivity contribution >= 4 is 46.8 Å². The van der Waals surface area contributed by atoms with E-state index in [0.29, 0.717) is 6.54 Å². The molecule has 0 unspecified atom stereocenters. The van der Waals surface area contributed by atoms with Crippen LogP contribution in [0.25, 0.3) is 0 Å². The van der Waals surface area contributed by atoms with Crippen LogP contribution < -0.4 is 10.6 Å². The Morgan fingerprint density at radius 2 is 1.92 bits per heavy atom. The molecule has 1 aromatic heterocycles. The van der Waals surface area contributed by atoms with Crippen molar-refractivity contribution in [2.75, 3.05) is 5.75 Å². The van der Waals surface area contributed by atoms with Crippen molar-refractivity contribution in [2.24, 2.45) is 0 Å². The molecule has 1 heterocycles. The predicted octanol–water partition coefficient (Wildman–Crippen LogP) is 3.55. The minimum atomic E-state index is -0.502. The van der Waals surface area contributed by atoms with Gasteiger partial charge in [0.2, 0.25) is 5.91 Å². The maximum absolute atomic E-state index is 12.1. The Bertz CT molecular complexity index is 694. The lowest BCUT2D eigenvalue weighted by Crippen LogP contribution is -2.42. The molecule has 6 nitrogen and oxygen atoms in total. The van der Waals surface area contributed by atoms with Crippen molar-refractivity contribution < 1.29 is 9.59 Å². The zero-order chi connectivity index (χ0) is 18.1. The van der Waals surface area contributed by atoms with Crippen LogP contribution in [0.15, 0.2) is 39.0 Å². The third-order valence-electron chi connectivity index (χ3n) is 3.00. The number of nitrogens with zero attached hydrogens (tertiary/aromatic N) is 2. The van der Waals surface area contributed by atoms with E-state index in [1.807, 2.05) is 30.3 Å². The number of thioether (sulfide) groups is 2. The number of aromatic nitrogens is 2. The average Bonchev–Trinajstić information content (AvgIpc) is 3.06. The smallest absolute Gasteiger partial charge is 0.321 e. The first-order chi connectivity index (χ1) is 12.1. The number of carbonyl (C=O) groups is 2. The SMILES string of the molecule is CCCSc1nnc(S[C@H](C)C(=O)NC(=O)NCc2ccccc2)s1. The first-order valence-electron chi connectivity index (χ1n) is 7.84. The summed E-state index contributed by atoms with van der Waals surface area (Å²) in [5.41, 5.74) is 0.971. The van der Waals surface area contributed by atoms with Gasteiger partial charge < -0.3 is 5.32 Å². The van der Waals surface area contributed by atoms with E-state index < -0.39 is 11.3 Å².